The zero-order valence-electron chi connectivity index (χ0n) is 11.1. The predicted octanol–water partition coefficient (Wildman–Crippen LogP) is 2.71. The molecule has 1 aromatic carbocycles. The largest absolute Gasteiger partial charge is 0.398 e. The van der Waals surface area contributed by atoms with Crippen LogP contribution >= 0.6 is 15.9 Å². The molecule has 0 saturated carbocycles. The van der Waals surface area contributed by atoms with Crippen molar-refractivity contribution in [3.63, 3.8) is 0 Å². The number of amides is 2. The maximum absolute atomic E-state index is 12.1. The molecule has 4 nitrogen and oxygen atoms in total. The standard InChI is InChI=1S/C14H17BrN2O2/c1-14(2)6-12(18)17(13(19)7-14)8-9-10(15)4-3-5-11(9)16/h3-5H,6-8,16H2,1-2H3. The summed E-state index contributed by atoms with van der Waals surface area (Å²) < 4.78 is 0.818. The van der Waals surface area contributed by atoms with E-state index in [2.05, 4.69) is 15.9 Å². The highest BCUT2D eigenvalue weighted by Gasteiger charge is 2.37. The maximum Gasteiger partial charge on any atom is 0.230 e. The Labute approximate surface area is 121 Å². The van der Waals surface area contributed by atoms with Crippen molar-refractivity contribution in [2.45, 2.75) is 33.2 Å². The molecule has 1 saturated heterocycles. The Hall–Kier alpha value is -1.36. The van der Waals surface area contributed by atoms with E-state index in [1.165, 1.54) is 4.90 Å². The van der Waals surface area contributed by atoms with Crippen LogP contribution < -0.4 is 5.73 Å². The number of nitrogen functional groups attached to an aromatic ring is 1. The number of halogens is 1. The highest BCUT2D eigenvalue weighted by molar-refractivity contribution is 9.10. The Balaban J connectivity index is 2.24. The Morgan fingerprint density at radius 1 is 1.26 bits per heavy atom. The third-order valence-electron chi connectivity index (χ3n) is 3.33. The summed E-state index contributed by atoms with van der Waals surface area (Å²) >= 11 is 3.41. The van der Waals surface area contributed by atoms with Crippen molar-refractivity contribution in [1.82, 2.24) is 4.90 Å². The summed E-state index contributed by atoms with van der Waals surface area (Å²) in [5.41, 5.74) is 7.02. The summed E-state index contributed by atoms with van der Waals surface area (Å²) in [7, 11) is 0. The number of carbonyl (C=O) groups is 2. The van der Waals surface area contributed by atoms with Gasteiger partial charge < -0.3 is 5.73 Å². The van der Waals surface area contributed by atoms with Gasteiger partial charge in [0.25, 0.3) is 0 Å². The van der Waals surface area contributed by atoms with E-state index in [9.17, 15) is 9.59 Å². The van der Waals surface area contributed by atoms with Gasteiger partial charge in [-0.05, 0) is 17.5 Å². The molecule has 0 unspecified atom stereocenters. The fraction of sp³-hybridized carbons (Fsp3) is 0.429. The highest BCUT2D eigenvalue weighted by Crippen LogP contribution is 2.33. The van der Waals surface area contributed by atoms with Gasteiger partial charge in [-0.2, -0.15) is 0 Å². The van der Waals surface area contributed by atoms with E-state index in [0.717, 1.165) is 10.0 Å². The van der Waals surface area contributed by atoms with Gasteiger partial charge in [0.15, 0.2) is 0 Å². The Kier molecular flexibility index (Phi) is 3.67. The second-order valence-corrected chi connectivity index (χ2v) is 6.55. The van der Waals surface area contributed by atoms with Gasteiger partial charge in [0.05, 0.1) is 6.54 Å². The number of hydrogen-bond acceptors (Lipinski definition) is 3. The molecule has 2 amide bonds. The predicted molar refractivity (Wildman–Crippen MR) is 77.1 cm³/mol. The molecule has 0 bridgehead atoms. The van der Waals surface area contributed by atoms with Crippen LogP contribution in [0.1, 0.15) is 32.3 Å². The molecular weight excluding hydrogens is 308 g/mol. The van der Waals surface area contributed by atoms with Crippen LogP contribution in [0.4, 0.5) is 5.69 Å². The van der Waals surface area contributed by atoms with Crippen molar-refractivity contribution in [1.29, 1.82) is 0 Å². The molecule has 1 aliphatic rings. The minimum Gasteiger partial charge on any atom is -0.398 e. The highest BCUT2D eigenvalue weighted by atomic mass is 79.9. The van der Waals surface area contributed by atoms with Gasteiger partial charge in [0.2, 0.25) is 11.8 Å². The van der Waals surface area contributed by atoms with Gasteiger partial charge >= 0.3 is 0 Å². The zero-order valence-corrected chi connectivity index (χ0v) is 12.7. The number of anilines is 1. The maximum atomic E-state index is 12.1. The lowest BCUT2D eigenvalue weighted by molar-refractivity contribution is -0.153. The SMILES string of the molecule is CC1(C)CC(=O)N(Cc2c(N)cccc2Br)C(=O)C1. The van der Waals surface area contributed by atoms with E-state index in [1.807, 2.05) is 26.0 Å². The molecule has 0 aliphatic carbocycles. The molecule has 2 N–H and O–H groups in total. The Morgan fingerprint density at radius 3 is 2.37 bits per heavy atom. The molecule has 5 heteroatoms. The quantitative estimate of drug-likeness (QED) is 0.672. The smallest absolute Gasteiger partial charge is 0.230 e. The Bertz CT molecular complexity index is 500. The first-order valence-electron chi connectivity index (χ1n) is 6.16. The van der Waals surface area contributed by atoms with Crippen LogP contribution in [0.3, 0.4) is 0 Å². The average molecular weight is 325 g/mol. The van der Waals surface area contributed by atoms with Crippen LogP contribution in [0.5, 0.6) is 0 Å². The van der Waals surface area contributed by atoms with Crippen LogP contribution in [0, 0.1) is 5.41 Å². The van der Waals surface area contributed by atoms with E-state index < -0.39 is 0 Å². The van der Waals surface area contributed by atoms with Crippen LogP contribution in [0.2, 0.25) is 0 Å². The third-order valence-corrected chi connectivity index (χ3v) is 4.08. The normalized spacial score (nSPS) is 18.8. The van der Waals surface area contributed by atoms with Gasteiger partial charge in [-0.1, -0.05) is 35.8 Å². The van der Waals surface area contributed by atoms with E-state index >= 15 is 0 Å². The summed E-state index contributed by atoms with van der Waals surface area (Å²) in [4.78, 5) is 25.5. The zero-order chi connectivity index (χ0) is 14.2. The summed E-state index contributed by atoms with van der Waals surface area (Å²) in [5.74, 6) is -0.257. The number of hydrogen-bond donors (Lipinski definition) is 1. The molecule has 19 heavy (non-hydrogen) atoms. The summed E-state index contributed by atoms with van der Waals surface area (Å²) in [6.45, 7) is 4.11. The van der Waals surface area contributed by atoms with Gasteiger partial charge in [0.1, 0.15) is 0 Å². The molecule has 1 fully saturated rings. The fourth-order valence-corrected chi connectivity index (χ4v) is 2.79. The lowest BCUT2D eigenvalue weighted by Crippen LogP contribution is -2.45. The first-order chi connectivity index (χ1) is 8.80. The van der Waals surface area contributed by atoms with Crippen molar-refractivity contribution in [3.8, 4) is 0 Å². The molecule has 0 atom stereocenters. The summed E-state index contributed by atoms with van der Waals surface area (Å²) in [6, 6.07) is 5.45. The van der Waals surface area contributed by atoms with E-state index in [-0.39, 0.29) is 23.8 Å². The second-order valence-electron chi connectivity index (χ2n) is 5.70. The van der Waals surface area contributed by atoms with Crippen LogP contribution in [-0.4, -0.2) is 16.7 Å². The number of nitrogens with zero attached hydrogens (tertiary/aromatic N) is 1. The van der Waals surface area contributed by atoms with Crippen LogP contribution in [0.15, 0.2) is 22.7 Å². The minimum atomic E-state index is -0.246. The first kappa shape index (κ1) is 14.1. The van der Waals surface area contributed by atoms with Crippen LogP contribution in [-0.2, 0) is 16.1 Å². The van der Waals surface area contributed by atoms with Gasteiger partial charge in [-0.25, -0.2) is 0 Å². The number of rotatable bonds is 2. The molecular formula is C14H17BrN2O2. The van der Waals surface area contributed by atoms with E-state index in [4.69, 9.17) is 5.73 Å². The van der Waals surface area contributed by atoms with Gasteiger partial charge in [-0.15, -0.1) is 0 Å². The molecule has 1 heterocycles. The third kappa shape index (κ3) is 2.97. The van der Waals surface area contributed by atoms with Crippen molar-refractivity contribution < 1.29 is 9.59 Å². The van der Waals surface area contributed by atoms with E-state index in [1.54, 1.807) is 6.07 Å². The number of nitrogens with two attached hydrogens (primary N) is 1. The fourth-order valence-electron chi connectivity index (χ4n) is 2.29. The first-order valence-corrected chi connectivity index (χ1v) is 6.95. The lowest BCUT2D eigenvalue weighted by atomic mass is 9.81. The van der Waals surface area contributed by atoms with Crippen molar-refractivity contribution >= 4 is 33.4 Å². The van der Waals surface area contributed by atoms with Gasteiger partial charge in [-0.3, -0.25) is 14.5 Å². The summed E-state index contributed by atoms with van der Waals surface area (Å²) in [5, 5.41) is 0. The molecule has 1 aliphatic heterocycles. The minimum absolute atomic E-state index is 0.128. The number of likely N-dealkylation sites (tertiary alicyclic amines) is 1. The number of piperidine rings is 1. The molecule has 0 spiro atoms. The van der Waals surface area contributed by atoms with Gasteiger partial charge in [0, 0.05) is 28.6 Å². The van der Waals surface area contributed by atoms with E-state index in [0.29, 0.717) is 18.5 Å². The number of carbonyl (C=O) groups excluding carboxylic acids is 2. The molecule has 102 valence electrons. The number of imide groups is 1. The molecule has 2 rings (SSSR count). The van der Waals surface area contributed by atoms with Crippen molar-refractivity contribution in [2.24, 2.45) is 5.41 Å². The summed E-state index contributed by atoms with van der Waals surface area (Å²) in [6.07, 6.45) is 0.784. The van der Waals surface area contributed by atoms with Crippen molar-refractivity contribution in [2.75, 3.05) is 5.73 Å². The average Bonchev–Trinajstić information content (AvgIpc) is 2.25. The molecule has 1 aromatic rings. The molecule has 0 aromatic heterocycles. The van der Waals surface area contributed by atoms with Crippen molar-refractivity contribution in [3.05, 3.63) is 28.2 Å². The van der Waals surface area contributed by atoms with Crippen LogP contribution in [0.25, 0.3) is 0 Å². The second kappa shape index (κ2) is 4.96. The molecule has 0 radical (unpaired) electrons. The topological polar surface area (TPSA) is 63.4 Å². The monoisotopic (exact) mass is 324 g/mol. The lowest BCUT2D eigenvalue weighted by Gasteiger charge is -2.35. The number of benzene rings is 1. The Morgan fingerprint density at radius 2 is 1.84 bits per heavy atom.